The highest BCUT2D eigenvalue weighted by atomic mass is 32.1. The lowest BCUT2D eigenvalue weighted by Crippen LogP contribution is -1.69. The van der Waals surface area contributed by atoms with Gasteiger partial charge >= 0.3 is 0 Å². The van der Waals surface area contributed by atoms with Gasteiger partial charge in [0.1, 0.15) is 0 Å². The summed E-state index contributed by atoms with van der Waals surface area (Å²) in [6.07, 6.45) is 1.42. The van der Waals surface area contributed by atoms with Crippen molar-refractivity contribution in [2.24, 2.45) is 5.92 Å². The quantitative estimate of drug-likeness (QED) is 0.559. The summed E-state index contributed by atoms with van der Waals surface area (Å²) < 4.78 is 0. The highest BCUT2D eigenvalue weighted by Crippen LogP contribution is 2.48. The van der Waals surface area contributed by atoms with Gasteiger partial charge in [-0.25, -0.2) is 0 Å². The van der Waals surface area contributed by atoms with Gasteiger partial charge in [0, 0.05) is 4.88 Å². The average Bonchev–Trinajstić information content (AvgIpc) is 2.44. The van der Waals surface area contributed by atoms with Gasteiger partial charge in [-0.3, -0.25) is 0 Å². The molecule has 0 amide bonds. The van der Waals surface area contributed by atoms with E-state index in [0.717, 1.165) is 11.8 Å². The highest BCUT2D eigenvalue weighted by Gasteiger charge is 2.34. The SMILES string of the molecule is C[C@@H]1C[C@H]1c1cccs1. The fourth-order valence-electron chi connectivity index (χ4n) is 1.22. The van der Waals surface area contributed by atoms with Crippen LogP contribution in [0.15, 0.2) is 17.5 Å². The lowest BCUT2D eigenvalue weighted by atomic mass is 10.3. The molecule has 1 aromatic heterocycles. The Balaban J connectivity index is 2.18. The molecular formula is C8H10S. The second-order valence-corrected chi connectivity index (χ2v) is 3.81. The van der Waals surface area contributed by atoms with Crippen molar-refractivity contribution in [1.29, 1.82) is 0 Å². The van der Waals surface area contributed by atoms with Crippen molar-refractivity contribution in [2.75, 3.05) is 0 Å². The van der Waals surface area contributed by atoms with Crippen LogP contribution in [0.3, 0.4) is 0 Å². The summed E-state index contributed by atoms with van der Waals surface area (Å²) >= 11 is 1.90. The first kappa shape index (κ1) is 5.48. The normalized spacial score (nSPS) is 32.6. The van der Waals surface area contributed by atoms with Gasteiger partial charge in [-0.1, -0.05) is 13.0 Å². The van der Waals surface area contributed by atoms with Crippen LogP contribution in [-0.4, -0.2) is 0 Å². The van der Waals surface area contributed by atoms with E-state index in [4.69, 9.17) is 0 Å². The second-order valence-electron chi connectivity index (χ2n) is 2.83. The van der Waals surface area contributed by atoms with Gasteiger partial charge in [-0.15, -0.1) is 11.3 Å². The third kappa shape index (κ3) is 0.897. The molecule has 0 bridgehead atoms. The van der Waals surface area contributed by atoms with Crippen LogP contribution in [-0.2, 0) is 0 Å². The molecule has 1 saturated carbocycles. The molecule has 0 radical (unpaired) electrons. The Labute approximate surface area is 59.5 Å². The van der Waals surface area contributed by atoms with E-state index in [1.54, 1.807) is 4.88 Å². The summed E-state index contributed by atoms with van der Waals surface area (Å²) in [7, 11) is 0. The largest absolute Gasteiger partial charge is 0.149 e. The lowest BCUT2D eigenvalue weighted by Gasteiger charge is -1.86. The number of rotatable bonds is 1. The summed E-state index contributed by atoms with van der Waals surface area (Å²) in [4.78, 5) is 1.59. The zero-order valence-electron chi connectivity index (χ0n) is 5.50. The second kappa shape index (κ2) is 1.84. The van der Waals surface area contributed by atoms with Crippen molar-refractivity contribution in [1.82, 2.24) is 0 Å². The third-order valence-electron chi connectivity index (χ3n) is 2.02. The molecule has 1 aromatic rings. The first-order valence-corrected chi connectivity index (χ1v) is 4.29. The van der Waals surface area contributed by atoms with Gasteiger partial charge in [-0.05, 0) is 29.7 Å². The zero-order valence-corrected chi connectivity index (χ0v) is 6.32. The van der Waals surface area contributed by atoms with Gasteiger partial charge < -0.3 is 0 Å². The Morgan fingerprint density at radius 1 is 1.67 bits per heavy atom. The molecule has 0 nitrogen and oxygen atoms in total. The zero-order chi connectivity index (χ0) is 6.27. The lowest BCUT2D eigenvalue weighted by molar-refractivity contribution is 0.926. The molecule has 0 unspecified atom stereocenters. The molecular weight excluding hydrogens is 128 g/mol. The van der Waals surface area contributed by atoms with Gasteiger partial charge in [0.25, 0.3) is 0 Å². The van der Waals surface area contributed by atoms with Gasteiger partial charge in [0.2, 0.25) is 0 Å². The fourth-order valence-corrected chi connectivity index (χ4v) is 2.20. The monoisotopic (exact) mass is 138 g/mol. The van der Waals surface area contributed by atoms with E-state index in [0.29, 0.717) is 0 Å². The molecule has 0 spiro atoms. The van der Waals surface area contributed by atoms with Crippen molar-refractivity contribution in [3.8, 4) is 0 Å². The highest BCUT2D eigenvalue weighted by molar-refractivity contribution is 7.10. The van der Waals surface area contributed by atoms with Gasteiger partial charge in [0.05, 0.1) is 0 Å². The molecule has 0 aromatic carbocycles. The molecule has 1 heteroatoms. The molecule has 2 rings (SSSR count). The van der Waals surface area contributed by atoms with Crippen LogP contribution in [0, 0.1) is 5.92 Å². The summed E-state index contributed by atoms with van der Waals surface area (Å²) in [5.41, 5.74) is 0. The van der Waals surface area contributed by atoms with Crippen LogP contribution in [0.1, 0.15) is 24.1 Å². The van der Waals surface area contributed by atoms with Crippen molar-refractivity contribution < 1.29 is 0 Å². The van der Waals surface area contributed by atoms with E-state index >= 15 is 0 Å². The molecule has 1 fully saturated rings. The fraction of sp³-hybridized carbons (Fsp3) is 0.500. The van der Waals surface area contributed by atoms with E-state index in [-0.39, 0.29) is 0 Å². The van der Waals surface area contributed by atoms with Crippen LogP contribution >= 0.6 is 11.3 Å². The Morgan fingerprint density at radius 3 is 2.89 bits per heavy atom. The molecule has 9 heavy (non-hydrogen) atoms. The number of thiophene rings is 1. The average molecular weight is 138 g/mol. The van der Waals surface area contributed by atoms with E-state index in [2.05, 4.69) is 24.4 Å². The summed E-state index contributed by atoms with van der Waals surface area (Å²) in [5, 5.41) is 2.17. The summed E-state index contributed by atoms with van der Waals surface area (Å²) in [6.45, 7) is 2.32. The van der Waals surface area contributed by atoms with Crippen LogP contribution in [0.4, 0.5) is 0 Å². The molecule has 0 aliphatic heterocycles. The Hall–Kier alpha value is -0.300. The Kier molecular flexibility index (Phi) is 1.12. The number of hydrogen-bond acceptors (Lipinski definition) is 1. The van der Waals surface area contributed by atoms with E-state index < -0.39 is 0 Å². The first-order valence-electron chi connectivity index (χ1n) is 3.41. The topological polar surface area (TPSA) is 0 Å². The molecule has 1 aliphatic rings. The van der Waals surface area contributed by atoms with Crippen LogP contribution < -0.4 is 0 Å². The maximum Gasteiger partial charge on any atom is 0.00789 e. The molecule has 0 saturated heterocycles. The van der Waals surface area contributed by atoms with Crippen molar-refractivity contribution >= 4 is 11.3 Å². The van der Waals surface area contributed by atoms with Gasteiger partial charge in [0.15, 0.2) is 0 Å². The molecule has 2 atom stereocenters. The molecule has 1 heterocycles. The maximum atomic E-state index is 2.32. The summed E-state index contributed by atoms with van der Waals surface area (Å²) in [5.74, 6) is 1.88. The third-order valence-corrected chi connectivity index (χ3v) is 3.02. The standard InChI is InChI=1S/C8H10S/c1-6-5-7(6)8-3-2-4-9-8/h2-4,6-7H,5H2,1H3/t6-,7-/m1/s1. The molecule has 0 N–H and O–H groups in total. The Bertz CT molecular complexity index is 188. The minimum absolute atomic E-state index is 0.921. The summed E-state index contributed by atoms with van der Waals surface area (Å²) in [6, 6.07) is 4.39. The van der Waals surface area contributed by atoms with Crippen LogP contribution in [0.5, 0.6) is 0 Å². The first-order chi connectivity index (χ1) is 4.38. The van der Waals surface area contributed by atoms with E-state index in [1.807, 2.05) is 11.3 Å². The van der Waals surface area contributed by atoms with Crippen LogP contribution in [0.2, 0.25) is 0 Å². The molecule has 48 valence electrons. The molecule has 1 aliphatic carbocycles. The van der Waals surface area contributed by atoms with E-state index in [9.17, 15) is 0 Å². The minimum atomic E-state index is 0.921. The number of hydrogen-bond donors (Lipinski definition) is 0. The van der Waals surface area contributed by atoms with Gasteiger partial charge in [-0.2, -0.15) is 0 Å². The van der Waals surface area contributed by atoms with Crippen LogP contribution in [0.25, 0.3) is 0 Å². The maximum absolute atomic E-state index is 2.32. The minimum Gasteiger partial charge on any atom is -0.149 e. The Morgan fingerprint density at radius 2 is 2.44 bits per heavy atom. The van der Waals surface area contributed by atoms with Crippen molar-refractivity contribution in [2.45, 2.75) is 19.3 Å². The van der Waals surface area contributed by atoms with E-state index in [1.165, 1.54) is 6.42 Å². The smallest absolute Gasteiger partial charge is 0.00789 e. The van der Waals surface area contributed by atoms with Crippen molar-refractivity contribution in [3.05, 3.63) is 22.4 Å². The predicted octanol–water partition coefficient (Wildman–Crippen LogP) is 2.87. The van der Waals surface area contributed by atoms with Crippen molar-refractivity contribution in [3.63, 3.8) is 0 Å². The predicted molar refractivity (Wildman–Crippen MR) is 40.8 cm³/mol.